The number of benzene rings is 1. The molecule has 1 aromatic carbocycles. The van der Waals surface area contributed by atoms with Crippen LogP contribution < -0.4 is 10.2 Å². The number of hydrogen-bond donors (Lipinski definition) is 1. The van der Waals surface area contributed by atoms with Gasteiger partial charge in [0.2, 0.25) is 5.91 Å². The normalized spacial score (nSPS) is 24.3. The average molecular weight is 545 g/mol. The zero-order valence-electron chi connectivity index (χ0n) is 20.9. The Morgan fingerprint density at radius 3 is 2.54 bits per heavy atom. The molecule has 7 nitrogen and oxygen atoms in total. The number of aromatic nitrogens is 1. The van der Waals surface area contributed by atoms with Crippen molar-refractivity contribution in [3.8, 4) is 16.5 Å². The summed E-state index contributed by atoms with van der Waals surface area (Å²) in [5.74, 6) is 0.0152. The summed E-state index contributed by atoms with van der Waals surface area (Å²) in [5.41, 5.74) is 2.22. The van der Waals surface area contributed by atoms with Crippen LogP contribution in [0.5, 0.6) is 0 Å². The molecule has 2 aromatic rings. The van der Waals surface area contributed by atoms with E-state index in [0.29, 0.717) is 38.8 Å². The summed E-state index contributed by atoms with van der Waals surface area (Å²) in [6.07, 6.45) is 6.02. The molecule has 2 saturated carbocycles. The first-order valence-corrected chi connectivity index (χ1v) is 15.8. The van der Waals surface area contributed by atoms with Gasteiger partial charge in [-0.15, -0.1) is 11.3 Å². The third kappa shape index (κ3) is 5.83. The number of hydrogen-bond acceptors (Lipinski definition) is 7. The SMILES string of the molecule is N#CC1(NC(=O)[C@@H]2CCCC[C@H]2c2nc(CCCF)sc2-c2ccc(N3CCS(=O)(=O)CC3)cc2)CC1. The largest absolute Gasteiger partial charge is 0.369 e. The Kier molecular flexibility index (Phi) is 7.55. The molecule has 2 heterocycles. The molecule has 10 heteroatoms. The van der Waals surface area contributed by atoms with Crippen LogP contribution in [0.3, 0.4) is 0 Å². The molecular weight excluding hydrogens is 511 g/mol. The molecule has 198 valence electrons. The highest BCUT2D eigenvalue weighted by molar-refractivity contribution is 7.91. The number of nitrogens with one attached hydrogen (secondary N) is 1. The van der Waals surface area contributed by atoms with Gasteiger partial charge in [-0.05, 0) is 49.8 Å². The van der Waals surface area contributed by atoms with E-state index >= 15 is 0 Å². The van der Waals surface area contributed by atoms with Crippen molar-refractivity contribution < 1.29 is 17.6 Å². The van der Waals surface area contributed by atoms with Crippen molar-refractivity contribution in [3.63, 3.8) is 0 Å². The summed E-state index contributed by atoms with van der Waals surface area (Å²) in [5, 5.41) is 13.4. The molecular formula is C27H33FN4O3S2. The fraction of sp³-hybridized carbons (Fsp3) is 0.593. The molecule has 0 bridgehead atoms. The summed E-state index contributed by atoms with van der Waals surface area (Å²) in [6.45, 7) is 0.586. The maximum absolute atomic E-state index is 13.3. The minimum Gasteiger partial charge on any atom is -0.369 e. The quantitative estimate of drug-likeness (QED) is 0.529. The van der Waals surface area contributed by atoms with Crippen LogP contribution in [0.15, 0.2) is 24.3 Å². The van der Waals surface area contributed by atoms with Gasteiger partial charge in [0, 0.05) is 37.0 Å². The summed E-state index contributed by atoms with van der Waals surface area (Å²) in [7, 11) is -2.95. The minimum atomic E-state index is -2.95. The van der Waals surface area contributed by atoms with Gasteiger partial charge in [0.25, 0.3) is 0 Å². The van der Waals surface area contributed by atoms with Crippen LogP contribution in [-0.2, 0) is 21.1 Å². The molecule has 0 spiro atoms. The molecule has 0 radical (unpaired) electrons. The minimum absolute atomic E-state index is 0.0411. The van der Waals surface area contributed by atoms with Gasteiger partial charge in [0.15, 0.2) is 9.84 Å². The van der Waals surface area contributed by atoms with Crippen LogP contribution in [0.2, 0.25) is 0 Å². The molecule has 2 aliphatic carbocycles. The number of carbonyl (C=O) groups is 1. The van der Waals surface area contributed by atoms with E-state index in [1.165, 1.54) is 0 Å². The molecule has 1 aromatic heterocycles. The topological polar surface area (TPSA) is 103 Å². The van der Waals surface area contributed by atoms with Gasteiger partial charge >= 0.3 is 0 Å². The third-order valence-electron chi connectivity index (χ3n) is 7.84. The number of halogens is 1. The van der Waals surface area contributed by atoms with Gasteiger partial charge in [0.05, 0.1) is 39.8 Å². The van der Waals surface area contributed by atoms with Gasteiger partial charge in [-0.3, -0.25) is 9.18 Å². The highest BCUT2D eigenvalue weighted by atomic mass is 32.2. The summed E-state index contributed by atoms with van der Waals surface area (Å²) < 4.78 is 36.6. The highest BCUT2D eigenvalue weighted by Crippen LogP contribution is 2.45. The third-order valence-corrected chi connectivity index (χ3v) is 10.6. The van der Waals surface area contributed by atoms with Crippen LogP contribution in [-0.4, -0.2) is 56.1 Å². The number of carbonyl (C=O) groups excluding carboxylic acids is 1. The van der Waals surface area contributed by atoms with E-state index in [4.69, 9.17) is 4.98 Å². The van der Waals surface area contributed by atoms with Gasteiger partial charge in [-0.1, -0.05) is 25.0 Å². The molecule has 5 rings (SSSR count). The van der Waals surface area contributed by atoms with Crippen LogP contribution in [0.25, 0.3) is 10.4 Å². The van der Waals surface area contributed by atoms with Crippen LogP contribution in [0, 0.1) is 17.2 Å². The zero-order chi connectivity index (χ0) is 26.0. The number of anilines is 1. The molecule has 1 aliphatic heterocycles. The monoisotopic (exact) mass is 544 g/mol. The molecule has 0 unspecified atom stereocenters. The molecule has 3 fully saturated rings. The number of rotatable bonds is 8. The van der Waals surface area contributed by atoms with Gasteiger partial charge < -0.3 is 10.2 Å². The fourth-order valence-electron chi connectivity index (χ4n) is 5.45. The number of alkyl halides is 1. The van der Waals surface area contributed by atoms with E-state index in [-0.39, 0.29) is 29.2 Å². The van der Waals surface area contributed by atoms with Crippen molar-refractivity contribution in [2.75, 3.05) is 36.2 Å². The Balaban J connectivity index is 1.42. The maximum Gasteiger partial charge on any atom is 0.225 e. The number of nitrogens with zero attached hydrogens (tertiary/aromatic N) is 3. The fourth-order valence-corrected chi connectivity index (χ4v) is 7.83. The van der Waals surface area contributed by atoms with Crippen molar-refractivity contribution in [3.05, 3.63) is 35.0 Å². The predicted molar refractivity (Wildman–Crippen MR) is 143 cm³/mol. The predicted octanol–water partition coefficient (Wildman–Crippen LogP) is 4.39. The second kappa shape index (κ2) is 10.7. The van der Waals surface area contributed by atoms with Crippen molar-refractivity contribution in [1.29, 1.82) is 5.26 Å². The number of amides is 1. The Morgan fingerprint density at radius 1 is 1.19 bits per heavy atom. The Hall–Kier alpha value is -2.51. The summed E-state index contributed by atoms with van der Waals surface area (Å²) in [4.78, 5) is 21.4. The van der Waals surface area contributed by atoms with Crippen molar-refractivity contribution in [1.82, 2.24) is 10.3 Å². The van der Waals surface area contributed by atoms with E-state index in [1.807, 2.05) is 24.3 Å². The second-order valence-electron chi connectivity index (χ2n) is 10.5. The van der Waals surface area contributed by atoms with Crippen molar-refractivity contribution >= 4 is 32.8 Å². The molecule has 3 aliphatic rings. The lowest BCUT2D eigenvalue weighted by Gasteiger charge is -2.31. The van der Waals surface area contributed by atoms with Crippen LogP contribution >= 0.6 is 11.3 Å². The van der Waals surface area contributed by atoms with Crippen LogP contribution in [0.4, 0.5) is 10.1 Å². The summed E-state index contributed by atoms with van der Waals surface area (Å²) in [6, 6.07) is 10.4. The first-order valence-electron chi connectivity index (χ1n) is 13.2. The van der Waals surface area contributed by atoms with E-state index < -0.39 is 22.1 Å². The molecule has 37 heavy (non-hydrogen) atoms. The highest BCUT2D eigenvalue weighted by Gasteiger charge is 2.47. The molecule has 1 amide bonds. The van der Waals surface area contributed by atoms with Crippen molar-refractivity contribution in [2.24, 2.45) is 5.92 Å². The standard InChI is InChI=1S/C27H33FN4O3S2/c28-13-3-6-23-30-24(21-4-1-2-5-22(21)26(33)31-27(18-29)11-12-27)25(36-23)19-7-9-20(10-8-19)32-14-16-37(34,35)17-15-32/h7-10,21-22H,1-6,11-17H2,(H,31,33)/t21-,22-/m1/s1. The number of sulfone groups is 1. The summed E-state index contributed by atoms with van der Waals surface area (Å²) >= 11 is 1.58. The van der Waals surface area contributed by atoms with Crippen molar-refractivity contribution in [2.45, 2.75) is 62.8 Å². The first kappa shape index (κ1) is 26.1. The van der Waals surface area contributed by atoms with E-state index in [9.17, 15) is 22.9 Å². The van der Waals surface area contributed by atoms with Crippen LogP contribution in [0.1, 0.15) is 61.6 Å². The number of nitriles is 1. The van der Waals surface area contributed by atoms with Gasteiger partial charge in [0.1, 0.15) is 5.54 Å². The van der Waals surface area contributed by atoms with E-state index in [1.54, 1.807) is 11.3 Å². The Labute approximate surface area is 222 Å². The lowest BCUT2D eigenvalue weighted by molar-refractivity contribution is -0.127. The molecule has 1 N–H and O–H groups in total. The van der Waals surface area contributed by atoms with Gasteiger partial charge in [-0.25, -0.2) is 13.4 Å². The molecule has 2 atom stereocenters. The lowest BCUT2D eigenvalue weighted by atomic mass is 9.76. The van der Waals surface area contributed by atoms with E-state index in [0.717, 1.165) is 52.5 Å². The maximum atomic E-state index is 13.3. The first-order chi connectivity index (χ1) is 17.8. The number of thiazole rings is 1. The van der Waals surface area contributed by atoms with Gasteiger partial charge in [-0.2, -0.15) is 5.26 Å². The van der Waals surface area contributed by atoms with E-state index in [2.05, 4.69) is 16.3 Å². The molecule has 1 saturated heterocycles. The Bertz CT molecular complexity index is 1270. The smallest absolute Gasteiger partial charge is 0.225 e. The lowest BCUT2D eigenvalue weighted by Crippen LogP contribution is -2.42. The zero-order valence-corrected chi connectivity index (χ0v) is 22.6. The average Bonchev–Trinajstić information content (AvgIpc) is 3.55. The number of aryl methyl sites for hydroxylation is 1. The second-order valence-corrected chi connectivity index (χ2v) is 13.9. The Morgan fingerprint density at radius 2 is 1.89 bits per heavy atom.